The summed E-state index contributed by atoms with van der Waals surface area (Å²) in [6.45, 7) is 9.11. The summed E-state index contributed by atoms with van der Waals surface area (Å²) in [5.41, 5.74) is 2.89. The van der Waals surface area contributed by atoms with Gasteiger partial charge in [0.1, 0.15) is 5.69 Å². The van der Waals surface area contributed by atoms with Crippen LogP contribution >= 0.6 is 11.8 Å². The molecule has 1 aliphatic rings. The molecular weight excluding hydrogens is 336 g/mol. The molecule has 0 aromatic heterocycles. The predicted octanol–water partition coefficient (Wildman–Crippen LogP) is 4.76. The number of allylic oxidation sites excluding steroid dienone is 7. The number of benzene rings is 1. The van der Waals surface area contributed by atoms with Gasteiger partial charge in [-0.15, -0.1) is 11.8 Å². The van der Waals surface area contributed by atoms with Crippen LogP contribution in [0.15, 0.2) is 71.8 Å². The SMILES string of the molecule is CCN1CCS\C1=C/C=C/C=C/C=C/CC(C)(C)c1ccccc1[NH2+]C. The lowest BCUT2D eigenvalue weighted by Gasteiger charge is -2.24. The minimum absolute atomic E-state index is 0.136. The van der Waals surface area contributed by atoms with E-state index in [0.717, 1.165) is 13.0 Å². The average Bonchev–Trinajstić information content (AvgIpc) is 3.11. The Morgan fingerprint density at radius 2 is 1.85 bits per heavy atom. The highest BCUT2D eigenvalue weighted by molar-refractivity contribution is 8.03. The molecule has 1 saturated heterocycles. The van der Waals surface area contributed by atoms with E-state index in [-0.39, 0.29) is 5.41 Å². The van der Waals surface area contributed by atoms with Gasteiger partial charge in [0.05, 0.1) is 12.1 Å². The normalized spacial score (nSPS) is 17.5. The summed E-state index contributed by atoms with van der Waals surface area (Å²) in [6.07, 6.45) is 16.1. The minimum atomic E-state index is 0.136. The van der Waals surface area contributed by atoms with Gasteiger partial charge in [-0.1, -0.05) is 68.5 Å². The molecule has 0 amide bonds. The van der Waals surface area contributed by atoms with E-state index in [1.54, 1.807) is 0 Å². The van der Waals surface area contributed by atoms with Gasteiger partial charge in [0.25, 0.3) is 0 Å². The molecule has 2 N–H and O–H groups in total. The number of hydrogen-bond donors (Lipinski definition) is 1. The standard InChI is InChI=1S/C23H32N2S/c1-5-25-18-19-26-22(25)16-10-8-6-7-9-13-17-23(2,3)20-14-11-12-15-21(20)24-4/h6-16,24H,5,17-19H2,1-4H3/p+1/b7-6+,10-8+,13-9+,22-16-. The zero-order valence-electron chi connectivity index (χ0n) is 16.6. The first-order chi connectivity index (χ1) is 12.6. The van der Waals surface area contributed by atoms with Crippen molar-refractivity contribution in [2.24, 2.45) is 0 Å². The lowest BCUT2D eigenvalue weighted by Crippen LogP contribution is -2.73. The lowest BCUT2D eigenvalue weighted by molar-refractivity contribution is -0.540. The fraction of sp³-hybridized carbons (Fsp3) is 0.391. The molecule has 1 aromatic carbocycles. The number of para-hydroxylation sites is 1. The van der Waals surface area contributed by atoms with Crippen molar-refractivity contribution >= 4 is 17.4 Å². The van der Waals surface area contributed by atoms with E-state index in [9.17, 15) is 0 Å². The van der Waals surface area contributed by atoms with Crippen LogP contribution < -0.4 is 5.32 Å². The molecule has 0 radical (unpaired) electrons. The number of rotatable bonds is 8. The number of quaternary nitrogens is 1. The van der Waals surface area contributed by atoms with Gasteiger partial charge >= 0.3 is 0 Å². The fourth-order valence-electron chi connectivity index (χ4n) is 3.18. The number of thioether (sulfide) groups is 1. The Morgan fingerprint density at radius 1 is 1.12 bits per heavy atom. The van der Waals surface area contributed by atoms with Gasteiger partial charge in [-0.05, 0) is 30.9 Å². The van der Waals surface area contributed by atoms with Crippen molar-refractivity contribution in [2.45, 2.75) is 32.6 Å². The van der Waals surface area contributed by atoms with Crippen LogP contribution in [0, 0.1) is 0 Å². The van der Waals surface area contributed by atoms with Crippen LogP contribution in [0.25, 0.3) is 0 Å². The van der Waals surface area contributed by atoms with Crippen molar-refractivity contribution in [2.75, 3.05) is 25.9 Å². The number of nitrogens with zero attached hydrogens (tertiary/aromatic N) is 1. The topological polar surface area (TPSA) is 19.9 Å². The van der Waals surface area contributed by atoms with Crippen molar-refractivity contribution in [1.82, 2.24) is 4.90 Å². The third-order valence-electron chi connectivity index (χ3n) is 4.75. The number of nitrogens with two attached hydrogens (primary N) is 1. The molecule has 0 spiro atoms. The molecule has 3 heteroatoms. The van der Waals surface area contributed by atoms with Crippen molar-refractivity contribution < 1.29 is 5.32 Å². The molecule has 0 bridgehead atoms. The summed E-state index contributed by atoms with van der Waals surface area (Å²) in [5.74, 6) is 1.21. The molecule has 140 valence electrons. The Bertz CT molecular complexity index is 683. The maximum absolute atomic E-state index is 2.42. The van der Waals surface area contributed by atoms with Gasteiger partial charge in [0, 0.05) is 24.4 Å². The van der Waals surface area contributed by atoms with Crippen molar-refractivity contribution in [3.63, 3.8) is 0 Å². The highest BCUT2D eigenvalue weighted by Crippen LogP contribution is 2.31. The van der Waals surface area contributed by atoms with E-state index in [2.05, 4.69) is 105 Å². The fourth-order valence-corrected chi connectivity index (χ4v) is 4.27. The quantitative estimate of drug-likeness (QED) is 0.527. The van der Waals surface area contributed by atoms with Gasteiger partial charge in [-0.25, -0.2) is 0 Å². The lowest BCUT2D eigenvalue weighted by atomic mass is 9.80. The van der Waals surface area contributed by atoms with Crippen LogP contribution in [0.1, 0.15) is 32.8 Å². The van der Waals surface area contributed by atoms with Crippen LogP contribution in [-0.4, -0.2) is 30.8 Å². The van der Waals surface area contributed by atoms with E-state index < -0.39 is 0 Å². The molecule has 0 saturated carbocycles. The highest BCUT2D eigenvalue weighted by Gasteiger charge is 2.23. The molecule has 1 aliphatic heterocycles. The molecule has 0 aliphatic carbocycles. The first-order valence-corrected chi connectivity index (χ1v) is 10.5. The van der Waals surface area contributed by atoms with Gasteiger partial charge in [0.2, 0.25) is 0 Å². The van der Waals surface area contributed by atoms with Crippen LogP contribution in [0.2, 0.25) is 0 Å². The zero-order chi connectivity index (χ0) is 18.8. The van der Waals surface area contributed by atoms with E-state index in [0.29, 0.717) is 0 Å². The Hall–Kier alpha value is -1.71. The Morgan fingerprint density at radius 3 is 2.62 bits per heavy atom. The predicted molar refractivity (Wildman–Crippen MR) is 117 cm³/mol. The largest absolute Gasteiger partial charge is 0.366 e. The third kappa shape index (κ3) is 5.93. The van der Waals surface area contributed by atoms with Gasteiger partial charge in [-0.2, -0.15) is 0 Å². The molecule has 1 fully saturated rings. The summed E-state index contributed by atoms with van der Waals surface area (Å²) in [6, 6.07) is 8.69. The Balaban J connectivity index is 1.85. The summed E-state index contributed by atoms with van der Waals surface area (Å²) in [7, 11) is 2.11. The summed E-state index contributed by atoms with van der Waals surface area (Å²) in [4.78, 5) is 2.42. The molecule has 1 heterocycles. The van der Waals surface area contributed by atoms with Gasteiger partial charge < -0.3 is 10.2 Å². The summed E-state index contributed by atoms with van der Waals surface area (Å²) < 4.78 is 0. The second-order valence-corrected chi connectivity index (χ2v) is 8.21. The van der Waals surface area contributed by atoms with Crippen molar-refractivity contribution in [3.05, 3.63) is 77.4 Å². The second kappa shape index (κ2) is 10.4. The van der Waals surface area contributed by atoms with E-state index in [1.807, 2.05) is 11.8 Å². The third-order valence-corrected chi connectivity index (χ3v) is 5.83. The molecule has 0 atom stereocenters. The van der Waals surface area contributed by atoms with Crippen LogP contribution in [0.4, 0.5) is 5.69 Å². The van der Waals surface area contributed by atoms with Gasteiger partial charge in [-0.3, -0.25) is 0 Å². The minimum Gasteiger partial charge on any atom is -0.366 e. The molecular formula is C23H33N2S+. The highest BCUT2D eigenvalue weighted by atomic mass is 32.2. The van der Waals surface area contributed by atoms with Crippen molar-refractivity contribution in [1.29, 1.82) is 0 Å². The molecule has 0 unspecified atom stereocenters. The Kier molecular flexibility index (Phi) is 8.27. The molecule has 26 heavy (non-hydrogen) atoms. The first-order valence-electron chi connectivity index (χ1n) is 9.55. The molecule has 2 rings (SSSR count). The second-order valence-electron chi connectivity index (χ2n) is 7.09. The van der Waals surface area contributed by atoms with Crippen molar-refractivity contribution in [3.8, 4) is 0 Å². The first kappa shape index (κ1) is 20.6. The smallest absolute Gasteiger partial charge is 0.133 e. The van der Waals surface area contributed by atoms with Crippen LogP contribution in [-0.2, 0) is 5.41 Å². The number of hydrogen-bond acceptors (Lipinski definition) is 2. The zero-order valence-corrected chi connectivity index (χ0v) is 17.4. The van der Waals surface area contributed by atoms with E-state index in [1.165, 1.54) is 28.6 Å². The summed E-state index contributed by atoms with van der Waals surface area (Å²) in [5, 5.41) is 3.59. The van der Waals surface area contributed by atoms with Crippen LogP contribution in [0.3, 0.4) is 0 Å². The Labute approximate surface area is 163 Å². The van der Waals surface area contributed by atoms with Crippen LogP contribution in [0.5, 0.6) is 0 Å². The van der Waals surface area contributed by atoms with Gasteiger partial charge in [0.15, 0.2) is 0 Å². The maximum atomic E-state index is 2.42. The average molecular weight is 370 g/mol. The molecule has 2 nitrogen and oxygen atoms in total. The monoisotopic (exact) mass is 369 g/mol. The maximum Gasteiger partial charge on any atom is 0.133 e. The molecule has 1 aromatic rings. The summed E-state index contributed by atoms with van der Waals surface area (Å²) >= 11 is 1.95. The van der Waals surface area contributed by atoms with E-state index in [4.69, 9.17) is 0 Å². The van der Waals surface area contributed by atoms with E-state index >= 15 is 0 Å².